The molecular formula is C14H19Br2N3O3. The molecule has 122 valence electrons. The smallest absolute Gasteiger partial charge is 0.282 e. The Morgan fingerprint density at radius 3 is 2.18 bits per heavy atom. The Kier molecular flexibility index (Phi) is 7.28. The van der Waals surface area contributed by atoms with Gasteiger partial charge in [0, 0.05) is 49.6 Å². The maximum atomic E-state index is 12.3. The fourth-order valence-electron chi connectivity index (χ4n) is 2.14. The van der Waals surface area contributed by atoms with Gasteiger partial charge < -0.3 is 9.80 Å². The lowest BCUT2D eigenvalue weighted by atomic mass is 10.1. The summed E-state index contributed by atoms with van der Waals surface area (Å²) in [5.74, 6) is -0.370. The van der Waals surface area contributed by atoms with Crippen molar-refractivity contribution in [2.24, 2.45) is 0 Å². The van der Waals surface area contributed by atoms with Crippen molar-refractivity contribution in [3.05, 3.63) is 33.4 Å². The van der Waals surface area contributed by atoms with E-state index in [-0.39, 0.29) is 17.2 Å². The standard InChI is InChI=1S/C14H19Br2N3O3/c1-10-8-13(19(21)22)11(14(20)17(2)3)9-12(10)18(6-4-15)7-5-16/h8-9H,4-7H2,1-3H3. The normalized spacial score (nSPS) is 10.4. The van der Waals surface area contributed by atoms with Gasteiger partial charge in [-0.1, -0.05) is 31.9 Å². The number of carbonyl (C=O) groups is 1. The number of halogens is 2. The number of rotatable bonds is 7. The molecule has 0 saturated heterocycles. The van der Waals surface area contributed by atoms with Crippen molar-refractivity contribution in [1.29, 1.82) is 0 Å². The summed E-state index contributed by atoms with van der Waals surface area (Å²) in [5, 5.41) is 12.8. The predicted octanol–water partition coefficient (Wildman–Crippen LogP) is 3.20. The first-order chi connectivity index (χ1) is 10.3. The number of nitro groups is 1. The van der Waals surface area contributed by atoms with E-state index in [0.29, 0.717) is 0 Å². The summed E-state index contributed by atoms with van der Waals surface area (Å²) in [7, 11) is 3.17. The highest BCUT2D eigenvalue weighted by atomic mass is 79.9. The molecule has 0 bridgehead atoms. The van der Waals surface area contributed by atoms with Crippen LogP contribution in [0.25, 0.3) is 0 Å². The molecule has 0 unspecified atom stereocenters. The third kappa shape index (κ3) is 4.42. The zero-order valence-corrected chi connectivity index (χ0v) is 16.0. The van der Waals surface area contributed by atoms with Crippen molar-refractivity contribution < 1.29 is 9.72 Å². The Hall–Kier alpha value is -1.15. The fraction of sp³-hybridized carbons (Fsp3) is 0.500. The molecule has 0 aliphatic rings. The average molecular weight is 437 g/mol. The molecule has 0 atom stereocenters. The second-order valence-electron chi connectivity index (χ2n) is 4.98. The highest BCUT2D eigenvalue weighted by molar-refractivity contribution is 9.09. The van der Waals surface area contributed by atoms with Crippen LogP contribution in [0, 0.1) is 17.0 Å². The number of carbonyl (C=O) groups excluding carboxylic acids is 1. The van der Waals surface area contributed by atoms with Gasteiger partial charge in [-0.3, -0.25) is 14.9 Å². The van der Waals surface area contributed by atoms with Gasteiger partial charge in [0.1, 0.15) is 5.56 Å². The maximum Gasteiger partial charge on any atom is 0.282 e. The summed E-state index contributed by atoms with van der Waals surface area (Å²) < 4.78 is 0. The number of hydrogen-bond donors (Lipinski definition) is 0. The summed E-state index contributed by atoms with van der Waals surface area (Å²) >= 11 is 6.82. The van der Waals surface area contributed by atoms with Crippen LogP contribution < -0.4 is 4.90 Å². The van der Waals surface area contributed by atoms with Crippen LogP contribution in [0.3, 0.4) is 0 Å². The first-order valence-corrected chi connectivity index (χ1v) is 8.95. The van der Waals surface area contributed by atoms with Gasteiger partial charge >= 0.3 is 0 Å². The zero-order valence-electron chi connectivity index (χ0n) is 12.8. The van der Waals surface area contributed by atoms with Crippen molar-refractivity contribution in [2.75, 3.05) is 42.7 Å². The number of hydrogen-bond acceptors (Lipinski definition) is 4. The van der Waals surface area contributed by atoms with E-state index in [2.05, 4.69) is 36.8 Å². The third-order valence-corrected chi connectivity index (χ3v) is 3.91. The van der Waals surface area contributed by atoms with Gasteiger partial charge in [0.2, 0.25) is 0 Å². The molecule has 0 N–H and O–H groups in total. The molecule has 22 heavy (non-hydrogen) atoms. The minimum Gasteiger partial charge on any atom is -0.370 e. The van der Waals surface area contributed by atoms with Gasteiger partial charge in [-0.05, 0) is 18.6 Å². The summed E-state index contributed by atoms with van der Waals surface area (Å²) in [6, 6.07) is 3.10. The average Bonchev–Trinajstić information content (AvgIpc) is 2.45. The van der Waals surface area contributed by atoms with E-state index < -0.39 is 4.92 Å². The van der Waals surface area contributed by atoms with Crippen molar-refractivity contribution >= 4 is 49.1 Å². The van der Waals surface area contributed by atoms with E-state index in [0.717, 1.165) is 35.0 Å². The van der Waals surface area contributed by atoms with Gasteiger partial charge in [-0.25, -0.2) is 0 Å². The van der Waals surface area contributed by atoms with Gasteiger partial charge in [0.05, 0.1) is 4.92 Å². The molecule has 1 amide bonds. The van der Waals surface area contributed by atoms with E-state index in [4.69, 9.17) is 0 Å². The highest BCUT2D eigenvalue weighted by Gasteiger charge is 2.25. The second-order valence-corrected chi connectivity index (χ2v) is 6.56. The van der Waals surface area contributed by atoms with Crippen molar-refractivity contribution in [3.63, 3.8) is 0 Å². The third-order valence-electron chi connectivity index (χ3n) is 3.20. The molecule has 0 spiro atoms. The molecule has 0 aliphatic carbocycles. The first kappa shape index (κ1) is 18.9. The van der Waals surface area contributed by atoms with Crippen molar-refractivity contribution in [2.45, 2.75) is 6.92 Å². The van der Waals surface area contributed by atoms with Gasteiger partial charge in [0.25, 0.3) is 11.6 Å². The summed E-state index contributed by atoms with van der Waals surface area (Å²) in [6.45, 7) is 3.32. The lowest BCUT2D eigenvalue weighted by molar-refractivity contribution is -0.385. The lowest BCUT2D eigenvalue weighted by Gasteiger charge is -2.25. The van der Waals surface area contributed by atoms with Crippen LogP contribution >= 0.6 is 31.9 Å². The molecule has 0 saturated carbocycles. The number of anilines is 1. The number of nitrogens with zero attached hydrogens (tertiary/aromatic N) is 3. The maximum absolute atomic E-state index is 12.3. The van der Waals surface area contributed by atoms with Gasteiger partial charge in [-0.2, -0.15) is 0 Å². The molecule has 1 rings (SSSR count). The van der Waals surface area contributed by atoms with E-state index >= 15 is 0 Å². The molecule has 1 aromatic carbocycles. The van der Waals surface area contributed by atoms with E-state index in [1.165, 1.54) is 11.0 Å². The Morgan fingerprint density at radius 2 is 1.77 bits per heavy atom. The van der Waals surface area contributed by atoms with Crippen molar-refractivity contribution in [3.8, 4) is 0 Å². The predicted molar refractivity (Wildman–Crippen MR) is 95.7 cm³/mol. The lowest BCUT2D eigenvalue weighted by Crippen LogP contribution is -2.29. The number of aryl methyl sites for hydroxylation is 1. The highest BCUT2D eigenvalue weighted by Crippen LogP contribution is 2.30. The van der Waals surface area contributed by atoms with Crippen molar-refractivity contribution in [1.82, 2.24) is 4.90 Å². The minimum absolute atomic E-state index is 0.116. The largest absolute Gasteiger partial charge is 0.370 e. The molecule has 6 nitrogen and oxygen atoms in total. The van der Waals surface area contributed by atoms with Crippen LogP contribution in [0.1, 0.15) is 15.9 Å². The topological polar surface area (TPSA) is 66.7 Å². The van der Waals surface area contributed by atoms with Gasteiger partial charge in [0.15, 0.2) is 0 Å². The molecule has 0 fully saturated rings. The van der Waals surface area contributed by atoms with Gasteiger partial charge in [-0.15, -0.1) is 0 Å². The second kappa shape index (κ2) is 8.47. The fourth-order valence-corrected chi connectivity index (χ4v) is 3.00. The van der Waals surface area contributed by atoms with Crippen LogP contribution in [-0.4, -0.2) is 53.6 Å². The van der Waals surface area contributed by atoms with Crippen LogP contribution in [0.2, 0.25) is 0 Å². The zero-order chi connectivity index (χ0) is 16.9. The Morgan fingerprint density at radius 1 is 1.23 bits per heavy atom. The number of benzene rings is 1. The summed E-state index contributed by atoms with van der Waals surface area (Å²) in [5.41, 5.74) is 1.58. The Labute approximate surface area is 146 Å². The molecule has 8 heteroatoms. The SMILES string of the molecule is Cc1cc([N+](=O)[O-])c(C(=O)N(C)C)cc1N(CCBr)CCBr. The molecule has 1 aromatic rings. The Bertz CT molecular complexity index is 559. The minimum atomic E-state index is -0.507. The van der Waals surface area contributed by atoms with E-state index in [1.807, 2.05) is 6.92 Å². The Balaban J connectivity index is 3.44. The molecule has 0 radical (unpaired) electrons. The van der Waals surface area contributed by atoms with Crippen LogP contribution in [0.4, 0.5) is 11.4 Å². The monoisotopic (exact) mass is 435 g/mol. The first-order valence-electron chi connectivity index (χ1n) is 6.71. The molecular weight excluding hydrogens is 418 g/mol. The number of alkyl halides is 2. The number of nitro benzene ring substituents is 1. The van der Waals surface area contributed by atoms with Crippen LogP contribution in [0.15, 0.2) is 12.1 Å². The molecule has 0 heterocycles. The van der Waals surface area contributed by atoms with E-state index in [9.17, 15) is 14.9 Å². The summed E-state index contributed by atoms with van der Waals surface area (Å²) in [4.78, 5) is 26.4. The summed E-state index contributed by atoms with van der Waals surface area (Å²) in [6.07, 6.45) is 0. The quantitative estimate of drug-likeness (QED) is 0.374. The molecule has 0 aliphatic heterocycles. The van der Waals surface area contributed by atoms with E-state index in [1.54, 1.807) is 20.2 Å². The molecule has 0 aromatic heterocycles. The van der Waals surface area contributed by atoms with Crippen LogP contribution in [-0.2, 0) is 0 Å². The number of amides is 1. The van der Waals surface area contributed by atoms with Crippen LogP contribution in [0.5, 0.6) is 0 Å².